The number of carbonyl (C=O) groups excluding carboxylic acids is 1. The molecule has 0 aromatic carbocycles. The van der Waals surface area contributed by atoms with Gasteiger partial charge in [-0.05, 0) is 36.0 Å². The molecule has 0 aromatic heterocycles. The monoisotopic (exact) mass is 212 g/mol. The van der Waals surface area contributed by atoms with Crippen LogP contribution in [0.1, 0.15) is 54.4 Å². The molecule has 0 fully saturated rings. The maximum absolute atomic E-state index is 10.7. The molecule has 0 aromatic rings. The average Bonchev–Trinajstić information content (AvgIpc) is 2.09. The molecular weight excluding hydrogens is 184 g/mol. The van der Waals surface area contributed by atoms with Crippen molar-refractivity contribution < 1.29 is 4.79 Å². The number of carbonyl (C=O) groups is 1. The minimum atomic E-state index is 0.560. The lowest BCUT2D eigenvalue weighted by atomic mass is 9.72. The van der Waals surface area contributed by atoms with Crippen LogP contribution in [0.25, 0.3) is 0 Å². The second-order valence-corrected chi connectivity index (χ2v) is 5.85. The zero-order valence-corrected chi connectivity index (χ0v) is 11.3. The first-order valence-electron chi connectivity index (χ1n) is 6.33. The van der Waals surface area contributed by atoms with E-state index >= 15 is 0 Å². The van der Waals surface area contributed by atoms with Crippen LogP contribution in [-0.2, 0) is 4.79 Å². The van der Waals surface area contributed by atoms with E-state index in [9.17, 15) is 4.79 Å². The van der Waals surface area contributed by atoms with E-state index in [4.69, 9.17) is 0 Å². The van der Waals surface area contributed by atoms with Crippen molar-refractivity contribution in [3.05, 3.63) is 0 Å². The van der Waals surface area contributed by atoms with Crippen molar-refractivity contribution in [2.24, 2.45) is 29.6 Å². The van der Waals surface area contributed by atoms with Crippen LogP contribution in [0.15, 0.2) is 0 Å². The number of hydrogen-bond acceptors (Lipinski definition) is 1. The molecule has 0 heterocycles. The predicted molar refractivity (Wildman–Crippen MR) is 66.8 cm³/mol. The van der Waals surface area contributed by atoms with Gasteiger partial charge in [0.2, 0.25) is 0 Å². The van der Waals surface area contributed by atoms with Gasteiger partial charge in [0.15, 0.2) is 0 Å². The highest BCUT2D eigenvalue weighted by Crippen LogP contribution is 2.34. The first-order valence-corrected chi connectivity index (χ1v) is 6.33. The van der Waals surface area contributed by atoms with Crippen molar-refractivity contribution in [1.29, 1.82) is 0 Å². The third-order valence-electron chi connectivity index (χ3n) is 3.37. The molecule has 1 nitrogen and oxygen atoms in total. The van der Waals surface area contributed by atoms with Crippen molar-refractivity contribution in [2.75, 3.05) is 0 Å². The fourth-order valence-corrected chi connectivity index (χ4v) is 2.54. The Morgan fingerprint density at radius 2 is 1.33 bits per heavy atom. The molecule has 0 N–H and O–H groups in total. The van der Waals surface area contributed by atoms with Gasteiger partial charge >= 0.3 is 0 Å². The van der Waals surface area contributed by atoms with Gasteiger partial charge in [-0.1, -0.05) is 41.5 Å². The summed E-state index contributed by atoms with van der Waals surface area (Å²) in [4.78, 5) is 10.7. The van der Waals surface area contributed by atoms with Crippen LogP contribution in [0, 0.1) is 29.6 Å². The maximum atomic E-state index is 10.7. The zero-order valence-electron chi connectivity index (χ0n) is 11.3. The average molecular weight is 212 g/mol. The van der Waals surface area contributed by atoms with E-state index in [1.54, 1.807) is 0 Å². The minimum absolute atomic E-state index is 0.560. The van der Waals surface area contributed by atoms with Crippen molar-refractivity contribution >= 4 is 6.29 Å². The number of aldehydes is 1. The van der Waals surface area contributed by atoms with E-state index in [1.807, 2.05) is 0 Å². The van der Waals surface area contributed by atoms with Gasteiger partial charge in [-0.25, -0.2) is 0 Å². The van der Waals surface area contributed by atoms with Crippen molar-refractivity contribution in [3.63, 3.8) is 0 Å². The fraction of sp³-hybridized carbons (Fsp3) is 0.929. The highest BCUT2D eigenvalue weighted by atomic mass is 16.1. The first kappa shape index (κ1) is 14.7. The molecule has 0 radical (unpaired) electrons. The molecule has 0 saturated carbocycles. The minimum Gasteiger partial charge on any atom is -0.303 e. The smallest absolute Gasteiger partial charge is 0.120 e. The summed E-state index contributed by atoms with van der Waals surface area (Å²) in [6.07, 6.45) is 3.07. The van der Waals surface area contributed by atoms with Crippen LogP contribution in [0.2, 0.25) is 0 Å². The van der Waals surface area contributed by atoms with E-state index in [0.717, 1.165) is 18.6 Å². The highest BCUT2D eigenvalue weighted by molar-refractivity contribution is 5.49. The lowest BCUT2D eigenvalue weighted by molar-refractivity contribution is -0.109. The molecular formula is C14H28O. The molecule has 2 atom stereocenters. The maximum Gasteiger partial charge on any atom is 0.120 e. The van der Waals surface area contributed by atoms with Crippen LogP contribution >= 0.6 is 0 Å². The van der Waals surface area contributed by atoms with E-state index < -0.39 is 0 Å². The zero-order chi connectivity index (χ0) is 12.0. The summed E-state index contributed by atoms with van der Waals surface area (Å²) < 4.78 is 0. The Morgan fingerprint density at radius 1 is 0.867 bits per heavy atom. The quantitative estimate of drug-likeness (QED) is 0.579. The predicted octanol–water partition coefficient (Wildman–Crippen LogP) is 4.17. The summed E-state index contributed by atoms with van der Waals surface area (Å²) in [5.74, 6) is 3.27. The summed E-state index contributed by atoms with van der Waals surface area (Å²) >= 11 is 0. The SMILES string of the molecule is CC(C)C[C@@H](C(C)C)[C@H](CC=O)C(C)C. The Hall–Kier alpha value is -0.330. The molecule has 0 aliphatic heterocycles. The van der Waals surface area contributed by atoms with Crippen LogP contribution in [0.5, 0.6) is 0 Å². The van der Waals surface area contributed by atoms with Crippen LogP contribution in [0.4, 0.5) is 0 Å². The van der Waals surface area contributed by atoms with Gasteiger partial charge in [0.1, 0.15) is 6.29 Å². The van der Waals surface area contributed by atoms with Crippen LogP contribution in [-0.4, -0.2) is 6.29 Å². The van der Waals surface area contributed by atoms with Gasteiger partial charge in [-0.3, -0.25) is 0 Å². The first-order chi connectivity index (χ1) is 6.90. The van der Waals surface area contributed by atoms with E-state index in [1.165, 1.54) is 6.42 Å². The Labute approximate surface area is 95.6 Å². The van der Waals surface area contributed by atoms with Gasteiger partial charge in [0.25, 0.3) is 0 Å². The highest BCUT2D eigenvalue weighted by Gasteiger charge is 2.27. The third kappa shape index (κ3) is 5.34. The van der Waals surface area contributed by atoms with Gasteiger partial charge < -0.3 is 4.79 Å². The lowest BCUT2D eigenvalue weighted by Crippen LogP contribution is -2.26. The molecule has 0 unspecified atom stereocenters. The molecule has 0 amide bonds. The molecule has 1 heteroatoms. The summed E-state index contributed by atoms with van der Waals surface area (Å²) in [7, 11) is 0. The van der Waals surface area contributed by atoms with Crippen LogP contribution < -0.4 is 0 Å². The topological polar surface area (TPSA) is 17.1 Å². The molecule has 15 heavy (non-hydrogen) atoms. The second-order valence-electron chi connectivity index (χ2n) is 5.85. The summed E-state index contributed by atoms with van der Waals surface area (Å²) in [6, 6.07) is 0. The molecule has 0 rings (SSSR count). The van der Waals surface area contributed by atoms with E-state index in [-0.39, 0.29) is 0 Å². The van der Waals surface area contributed by atoms with E-state index in [2.05, 4.69) is 41.5 Å². The molecule has 0 spiro atoms. The number of hydrogen-bond donors (Lipinski definition) is 0. The molecule has 0 aliphatic carbocycles. The fourth-order valence-electron chi connectivity index (χ4n) is 2.54. The normalized spacial score (nSPS) is 16.1. The summed E-state index contributed by atoms with van der Waals surface area (Å²) in [6.45, 7) is 13.6. The second kappa shape index (κ2) is 7.03. The Bertz CT molecular complexity index is 170. The van der Waals surface area contributed by atoms with Gasteiger partial charge in [-0.15, -0.1) is 0 Å². The van der Waals surface area contributed by atoms with Gasteiger partial charge in [-0.2, -0.15) is 0 Å². The van der Waals surface area contributed by atoms with Crippen molar-refractivity contribution in [2.45, 2.75) is 54.4 Å². The molecule has 90 valence electrons. The van der Waals surface area contributed by atoms with Crippen molar-refractivity contribution in [1.82, 2.24) is 0 Å². The third-order valence-corrected chi connectivity index (χ3v) is 3.37. The molecule has 0 bridgehead atoms. The Kier molecular flexibility index (Phi) is 6.87. The summed E-state index contributed by atoms with van der Waals surface area (Å²) in [5.41, 5.74) is 0. The van der Waals surface area contributed by atoms with Crippen molar-refractivity contribution in [3.8, 4) is 0 Å². The lowest BCUT2D eigenvalue weighted by Gasteiger charge is -2.33. The Balaban J connectivity index is 4.59. The standard InChI is InChI=1S/C14H28O/c1-10(2)9-14(12(5)6)13(7-8-15)11(3)4/h8,10-14H,7,9H2,1-6H3/t13-,14+/m1/s1. The summed E-state index contributed by atoms with van der Waals surface area (Å²) in [5, 5.41) is 0. The van der Waals surface area contributed by atoms with Crippen LogP contribution in [0.3, 0.4) is 0 Å². The Morgan fingerprint density at radius 3 is 1.60 bits per heavy atom. The van der Waals surface area contributed by atoms with Gasteiger partial charge in [0.05, 0.1) is 0 Å². The molecule has 0 saturated heterocycles. The van der Waals surface area contributed by atoms with E-state index in [0.29, 0.717) is 23.7 Å². The molecule has 0 aliphatic rings. The largest absolute Gasteiger partial charge is 0.303 e. The van der Waals surface area contributed by atoms with Gasteiger partial charge in [0, 0.05) is 6.42 Å². The number of rotatable bonds is 7.